The van der Waals surface area contributed by atoms with Crippen molar-refractivity contribution in [2.75, 3.05) is 6.26 Å². The topological polar surface area (TPSA) is 72.2 Å². The fourth-order valence-electron chi connectivity index (χ4n) is 4.88. The van der Waals surface area contributed by atoms with Crippen molar-refractivity contribution in [1.82, 2.24) is 9.55 Å². The number of aromatic nitrogens is 2. The van der Waals surface area contributed by atoms with Crippen LogP contribution in [0.2, 0.25) is 5.02 Å². The lowest BCUT2D eigenvalue weighted by Gasteiger charge is -2.28. The fraction of sp³-hybridized carbons (Fsp3) is 0.300. The number of nitrogens with zero attached hydrogens (tertiary/aromatic N) is 2. The van der Waals surface area contributed by atoms with Gasteiger partial charge in [-0.25, -0.2) is 22.2 Å². The highest BCUT2D eigenvalue weighted by atomic mass is 35.5. The van der Waals surface area contributed by atoms with Gasteiger partial charge in [-0.05, 0) is 79.8 Å². The van der Waals surface area contributed by atoms with Crippen LogP contribution in [0.1, 0.15) is 61.8 Å². The highest BCUT2D eigenvalue weighted by Gasteiger charge is 2.34. The van der Waals surface area contributed by atoms with Crippen molar-refractivity contribution in [2.45, 2.75) is 57.5 Å². The van der Waals surface area contributed by atoms with E-state index < -0.39 is 33.5 Å². The molecule has 0 spiro atoms. The van der Waals surface area contributed by atoms with Gasteiger partial charge in [0.05, 0.1) is 22.6 Å². The van der Waals surface area contributed by atoms with Gasteiger partial charge in [0.15, 0.2) is 9.84 Å². The maximum absolute atomic E-state index is 15.0. The van der Waals surface area contributed by atoms with Crippen molar-refractivity contribution in [2.24, 2.45) is 0 Å². The summed E-state index contributed by atoms with van der Waals surface area (Å²) in [6.45, 7) is 8.97. The second-order valence-electron chi connectivity index (χ2n) is 10.6. The Morgan fingerprint density at radius 2 is 1.74 bits per heavy atom. The third-order valence-corrected chi connectivity index (χ3v) is 8.44. The quantitative estimate of drug-likeness (QED) is 0.256. The number of aryl methyl sites for hydroxylation is 1. The molecule has 39 heavy (non-hydrogen) atoms. The highest BCUT2D eigenvalue weighted by Crippen LogP contribution is 2.39. The first-order valence-corrected chi connectivity index (χ1v) is 14.7. The molecule has 206 valence electrons. The maximum Gasteiger partial charge on any atom is 0.176 e. The van der Waals surface area contributed by atoms with Crippen LogP contribution in [0, 0.1) is 18.6 Å². The van der Waals surface area contributed by atoms with E-state index in [1.54, 1.807) is 18.2 Å². The van der Waals surface area contributed by atoms with Crippen molar-refractivity contribution in [3.63, 3.8) is 0 Å². The standard InChI is InChI=1S/C30H31ClF2N2O3S/c1-17(2)25-15-35(29(34-25)30(4,5)28-22(31)8-7-9-23(28)32)26-11-10-19(12-18(26)3)20-13-24(33)21(16-36)27(14-20)39(6,37)38/h7-15,17,36H,16H2,1-6H3. The van der Waals surface area contributed by atoms with E-state index in [4.69, 9.17) is 16.6 Å². The van der Waals surface area contributed by atoms with E-state index in [1.807, 2.05) is 57.5 Å². The summed E-state index contributed by atoms with van der Waals surface area (Å²) in [6, 6.07) is 12.6. The summed E-state index contributed by atoms with van der Waals surface area (Å²) < 4.78 is 56.3. The number of benzene rings is 3. The molecule has 0 aliphatic rings. The van der Waals surface area contributed by atoms with E-state index in [0.717, 1.165) is 23.2 Å². The number of hydrogen-bond acceptors (Lipinski definition) is 4. The third kappa shape index (κ3) is 5.38. The molecular formula is C30H31ClF2N2O3S. The summed E-state index contributed by atoms with van der Waals surface area (Å²) in [4.78, 5) is 4.66. The van der Waals surface area contributed by atoms with Gasteiger partial charge < -0.3 is 9.67 Å². The van der Waals surface area contributed by atoms with Gasteiger partial charge in [-0.15, -0.1) is 0 Å². The molecule has 5 nitrogen and oxygen atoms in total. The molecular weight excluding hydrogens is 542 g/mol. The second-order valence-corrected chi connectivity index (χ2v) is 13.0. The predicted molar refractivity (Wildman–Crippen MR) is 150 cm³/mol. The van der Waals surface area contributed by atoms with Crippen molar-refractivity contribution in [1.29, 1.82) is 0 Å². The second kappa shape index (κ2) is 10.5. The average Bonchev–Trinajstić information content (AvgIpc) is 3.29. The fourth-order valence-corrected chi connectivity index (χ4v) is 6.23. The van der Waals surface area contributed by atoms with Crippen molar-refractivity contribution in [3.8, 4) is 16.8 Å². The number of imidazole rings is 1. The number of aliphatic hydroxyl groups excluding tert-OH is 1. The molecule has 0 saturated heterocycles. The zero-order valence-corrected chi connectivity index (χ0v) is 24.3. The van der Waals surface area contributed by atoms with E-state index in [-0.39, 0.29) is 16.4 Å². The largest absolute Gasteiger partial charge is 0.392 e. The SMILES string of the molecule is Cc1cc(-c2cc(F)c(CO)c(S(C)(=O)=O)c2)ccc1-n1cc(C(C)C)nc1C(C)(C)c1c(F)cccc1Cl. The Morgan fingerprint density at radius 1 is 1.05 bits per heavy atom. The molecule has 0 bridgehead atoms. The van der Waals surface area contributed by atoms with E-state index >= 15 is 4.39 Å². The van der Waals surface area contributed by atoms with Gasteiger partial charge >= 0.3 is 0 Å². The first-order valence-electron chi connectivity index (χ1n) is 12.5. The van der Waals surface area contributed by atoms with Gasteiger partial charge in [0.2, 0.25) is 0 Å². The van der Waals surface area contributed by atoms with E-state index in [0.29, 0.717) is 27.5 Å². The average molecular weight is 573 g/mol. The van der Waals surface area contributed by atoms with Gasteiger partial charge in [0, 0.05) is 34.3 Å². The number of sulfone groups is 1. The molecule has 4 aromatic rings. The molecule has 9 heteroatoms. The van der Waals surface area contributed by atoms with Crippen LogP contribution in [-0.2, 0) is 21.9 Å². The van der Waals surface area contributed by atoms with E-state index in [2.05, 4.69) is 0 Å². The van der Waals surface area contributed by atoms with E-state index in [1.165, 1.54) is 18.2 Å². The maximum atomic E-state index is 15.0. The van der Waals surface area contributed by atoms with Crippen molar-refractivity contribution < 1.29 is 22.3 Å². The van der Waals surface area contributed by atoms with Crippen molar-refractivity contribution >= 4 is 21.4 Å². The molecule has 0 fully saturated rings. The zero-order chi connectivity index (χ0) is 28.9. The molecule has 1 aromatic heterocycles. The predicted octanol–water partition coefficient (Wildman–Crippen LogP) is 7.12. The van der Waals surface area contributed by atoms with Crippen LogP contribution in [0.4, 0.5) is 8.78 Å². The van der Waals surface area contributed by atoms with Crippen LogP contribution in [0.3, 0.4) is 0 Å². The number of aliphatic hydroxyl groups is 1. The number of hydrogen-bond donors (Lipinski definition) is 1. The van der Waals surface area contributed by atoms with Crippen LogP contribution < -0.4 is 0 Å². The van der Waals surface area contributed by atoms with Gasteiger partial charge in [-0.3, -0.25) is 0 Å². The van der Waals surface area contributed by atoms with Gasteiger partial charge in [-0.2, -0.15) is 0 Å². The molecule has 1 heterocycles. The van der Waals surface area contributed by atoms with E-state index in [9.17, 15) is 17.9 Å². The van der Waals surface area contributed by atoms with Gasteiger partial charge in [0.25, 0.3) is 0 Å². The van der Waals surface area contributed by atoms with Crippen LogP contribution in [0.5, 0.6) is 0 Å². The molecule has 0 unspecified atom stereocenters. The summed E-state index contributed by atoms with van der Waals surface area (Å²) in [5.74, 6) is -0.500. The minimum atomic E-state index is -3.77. The minimum absolute atomic E-state index is 0.110. The number of rotatable bonds is 7. The molecule has 0 atom stereocenters. The smallest absolute Gasteiger partial charge is 0.176 e. The highest BCUT2D eigenvalue weighted by molar-refractivity contribution is 7.90. The normalized spacial score (nSPS) is 12.4. The third-order valence-electron chi connectivity index (χ3n) is 6.96. The molecule has 0 saturated carbocycles. The summed E-state index contributed by atoms with van der Waals surface area (Å²) >= 11 is 6.46. The van der Waals surface area contributed by atoms with Crippen LogP contribution in [0.15, 0.2) is 59.6 Å². The summed E-state index contributed by atoms with van der Waals surface area (Å²) in [6.07, 6.45) is 2.91. The lowest BCUT2D eigenvalue weighted by Crippen LogP contribution is -2.26. The lowest BCUT2D eigenvalue weighted by atomic mass is 9.83. The Balaban J connectivity index is 1.89. The first kappa shape index (κ1) is 28.9. The molecule has 3 aromatic carbocycles. The molecule has 1 N–H and O–H groups in total. The monoisotopic (exact) mass is 572 g/mol. The first-order chi connectivity index (χ1) is 18.2. The molecule has 0 radical (unpaired) electrons. The summed E-state index contributed by atoms with van der Waals surface area (Å²) in [5.41, 5.74) is 2.58. The zero-order valence-electron chi connectivity index (χ0n) is 22.7. The molecule has 4 rings (SSSR count). The molecule has 0 aliphatic carbocycles. The minimum Gasteiger partial charge on any atom is -0.392 e. The Labute approximate surface area is 233 Å². The summed E-state index contributed by atoms with van der Waals surface area (Å²) in [7, 11) is -3.77. The van der Waals surface area contributed by atoms with Gasteiger partial charge in [0.1, 0.15) is 17.5 Å². The lowest BCUT2D eigenvalue weighted by molar-refractivity contribution is 0.272. The van der Waals surface area contributed by atoms with Crippen LogP contribution >= 0.6 is 11.6 Å². The Hall–Kier alpha value is -3.07. The molecule has 0 aliphatic heterocycles. The van der Waals surface area contributed by atoms with Crippen LogP contribution in [-0.4, -0.2) is 29.3 Å². The van der Waals surface area contributed by atoms with Crippen molar-refractivity contribution in [3.05, 3.63) is 99.6 Å². The summed E-state index contributed by atoms with van der Waals surface area (Å²) in [5, 5.41) is 9.84. The Kier molecular flexibility index (Phi) is 7.78. The Bertz CT molecular complexity index is 1660. The molecule has 0 amide bonds. The Morgan fingerprint density at radius 3 is 2.31 bits per heavy atom. The van der Waals surface area contributed by atoms with Gasteiger partial charge in [-0.1, -0.05) is 37.6 Å². The van der Waals surface area contributed by atoms with Crippen LogP contribution in [0.25, 0.3) is 16.8 Å². The number of halogens is 3.